The molecule has 4 aliphatic heterocycles. The van der Waals surface area contributed by atoms with Crippen LogP contribution in [-0.4, -0.2) is 29.1 Å². The van der Waals surface area contributed by atoms with E-state index < -0.39 is 0 Å². The monoisotopic (exact) mass is 372 g/mol. The maximum absolute atomic E-state index is 13.4. The van der Waals surface area contributed by atoms with Crippen molar-refractivity contribution in [3.63, 3.8) is 0 Å². The predicted molar refractivity (Wildman–Crippen MR) is 113 cm³/mol. The third kappa shape index (κ3) is 2.39. The van der Waals surface area contributed by atoms with E-state index in [-0.39, 0.29) is 5.56 Å². The quantitative estimate of drug-likeness (QED) is 0.762. The maximum atomic E-state index is 13.4. The lowest BCUT2D eigenvalue weighted by atomic mass is 9.83. The second kappa shape index (κ2) is 6.11. The fourth-order valence-electron chi connectivity index (χ4n) is 5.30. The van der Waals surface area contributed by atoms with E-state index in [1.165, 1.54) is 31.5 Å². The third-order valence-electron chi connectivity index (χ3n) is 6.75. The summed E-state index contributed by atoms with van der Waals surface area (Å²) in [5.41, 5.74) is 7.11. The Labute approximate surface area is 164 Å². The fraction of sp³-hybridized carbons (Fsp3) is 0.348. The third-order valence-corrected chi connectivity index (χ3v) is 6.75. The van der Waals surface area contributed by atoms with Gasteiger partial charge in [-0.05, 0) is 49.5 Å². The number of hydrazine groups is 1. The first-order chi connectivity index (χ1) is 13.8. The van der Waals surface area contributed by atoms with Crippen LogP contribution in [0.1, 0.15) is 24.4 Å². The number of anilines is 2. The van der Waals surface area contributed by atoms with E-state index >= 15 is 0 Å². The number of hydrogen-bond donors (Lipinski definition) is 1. The summed E-state index contributed by atoms with van der Waals surface area (Å²) in [6.07, 6.45) is 4.49. The number of piperidine rings is 3. The molecule has 3 saturated heterocycles. The van der Waals surface area contributed by atoms with E-state index in [0.717, 1.165) is 35.2 Å². The van der Waals surface area contributed by atoms with Gasteiger partial charge in [-0.1, -0.05) is 36.4 Å². The number of rotatable bonds is 3. The molecule has 5 heterocycles. The van der Waals surface area contributed by atoms with Gasteiger partial charge in [0, 0.05) is 18.1 Å². The van der Waals surface area contributed by atoms with E-state index in [9.17, 15) is 4.79 Å². The fourth-order valence-corrected chi connectivity index (χ4v) is 5.30. The number of aromatic nitrogens is 1. The van der Waals surface area contributed by atoms with Crippen molar-refractivity contribution in [2.45, 2.75) is 25.4 Å². The number of nitrogens with one attached hydrogen (secondary N) is 1. The summed E-state index contributed by atoms with van der Waals surface area (Å²) in [6, 6.07) is 16.8. The molecule has 7 rings (SSSR count). The molecule has 1 atom stereocenters. The Balaban J connectivity index is 1.43. The van der Waals surface area contributed by atoms with E-state index in [1.807, 2.05) is 22.8 Å². The summed E-state index contributed by atoms with van der Waals surface area (Å²) in [5, 5.41) is 4.04. The second-order valence-corrected chi connectivity index (χ2v) is 8.34. The molecule has 1 aromatic heterocycles. The van der Waals surface area contributed by atoms with Crippen LogP contribution in [0.5, 0.6) is 0 Å². The molecule has 142 valence electrons. The molecule has 2 aromatic carbocycles. The Bertz CT molecular complexity index is 1100. The van der Waals surface area contributed by atoms with Crippen molar-refractivity contribution in [1.29, 1.82) is 0 Å². The van der Waals surface area contributed by atoms with Crippen LogP contribution in [0.15, 0.2) is 59.5 Å². The molecule has 5 heteroatoms. The molecule has 2 bridgehead atoms. The van der Waals surface area contributed by atoms with Crippen LogP contribution >= 0.6 is 0 Å². The Morgan fingerprint density at radius 2 is 1.82 bits per heavy atom. The molecule has 3 fully saturated rings. The Hall–Kier alpha value is -2.79. The summed E-state index contributed by atoms with van der Waals surface area (Å²) in [6.45, 7) is 4.14. The highest BCUT2D eigenvalue weighted by atomic mass is 16.1. The highest BCUT2D eigenvalue weighted by Crippen LogP contribution is 2.40. The highest BCUT2D eigenvalue weighted by molar-refractivity contribution is 6.06. The number of benzene rings is 2. The normalized spacial score (nSPS) is 25.3. The van der Waals surface area contributed by atoms with Gasteiger partial charge in [0.05, 0.1) is 29.3 Å². The molecule has 0 spiro atoms. The molecule has 28 heavy (non-hydrogen) atoms. The first-order valence-electron chi connectivity index (χ1n) is 10.3. The second-order valence-electron chi connectivity index (χ2n) is 8.34. The summed E-state index contributed by atoms with van der Waals surface area (Å²) >= 11 is 0. The SMILES string of the molecule is O=c1c2cccc3c2c(cn1[C@H]1CN2CCC1CC2)NN3Cc1ccccc1. The molecule has 0 radical (unpaired) electrons. The minimum atomic E-state index is 0.155. The average molecular weight is 372 g/mol. The lowest BCUT2D eigenvalue weighted by Crippen LogP contribution is -2.49. The number of nitrogens with zero attached hydrogens (tertiary/aromatic N) is 3. The molecule has 0 aliphatic carbocycles. The Morgan fingerprint density at radius 1 is 1.00 bits per heavy atom. The molecule has 0 saturated carbocycles. The lowest BCUT2D eigenvalue weighted by molar-refractivity contribution is 0.0557. The van der Waals surface area contributed by atoms with Crippen molar-refractivity contribution < 1.29 is 0 Å². The Kier molecular flexibility index (Phi) is 3.53. The van der Waals surface area contributed by atoms with Crippen LogP contribution < -0.4 is 16.0 Å². The lowest BCUT2D eigenvalue weighted by Gasteiger charge is -2.45. The van der Waals surface area contributed by atoms with E-state index in [0.29, 0.717) is 12.0 Å². The molecular formula is C23H24N4O. The van der Waals surface area contributed by atoms with Crippen molar-refractivity contribution in [1.82, 2.24) is 9.47 Å². The van der Waals surface area contributed by atoms with E-state index in [4.69, 9.17) is 0 Å². The van der Waals surface area contributed by atoms with Gasteiger partial charge in [0.2, 0.25) is 0 Å². The van der Waals surface area contributed by atoms with Crippen molar-refractivity contribution in [3.05, 3.63) is 70.6 Å². The summed E-state index contributed by atoms with van der Waals surface area (Å²) in [7, 11) is 0. The van der Waals surface area contributed by atoms with Crippen molar-refractivity contribution in [3.8, 4) is 0 Å². The van der Waals surface area contributed by atoms with Crippen LogP contribution in [0.25, 0.3) is 10.8 Å². The highest BCUT2D eigenvalue weighted by Gasteiger charge is 2.36. The van der Waals surface area contributed by atoms with Crippen LogP contribution in [-0.2, 0) is 6.54 Å². The summed E-state index contributed by atoms with van der Waals surface area (Å²) in [5.74, 6) is 0.623. The minimum Gasteiger partial charge on any atom is -0.308 e. The van der Waals surface area contributed by atoms with Gasteiger partial charge < -0.3 is 9.47 Å². The molecule has 0 amide bonds. The van der Waals surface area contributed by atoms with Crippen LogP contribution in [0, 0.1) is 5.92 Å². The molecule has 0 unspecified atom stereocenters. The van der Waals surface area contributed by atoms with Gasteiger partial charge in [-0.3, -0.25) is 15.2 Å². The summed E-state index contributed by atoms with van der Waals surface area (Å²) < 4.78 is 2.02. The zero-order chi connectivity index (χ0) is 18.7. The van der Waals surface area contributed by atoms with Gasteiger partial charge >= 0.3 is 0 Å². The van der Waals surface area contributed by atoms with Gasteiger partial charge in [0.25, 0.3) is 5.56 Å². The summed E-state index contributed by atoms with van der Waals surface area (Å²) in [4.78, 5) is 15.9. The van der Waals surface area contributed by atoms with Gasteiger partial charge in [-0.2, -0.15) is 0 Å². The Morgan fingerprint density at radius 3 is 2.57 bits per heavy atom. The zero-order valence-electron chi connectivity index (χ0n) is 15.8. The average Bonchev–Trinajstić information content (AvgIpc) is 3.10. The van der Waals surface area contributed by atoms with E-state index in [2.05, 4.69) is 51.9 Å². The van der Waals surface area contributed by atoms with Crippen LogP contribution in [0.4, 0.5) is 11.4 Å². The topological polar surface area (TPSA) is 40.5 Å². The molecule has 1 N–H and O–H groups in total. The van der Waals surface area contributed by atoms with Crippen LogP contribution in [0.3, 0.4) is 0 Å². The molecular weight excluding hydrogens is 348 g/mol. The predicted octanol–water partition coefficient (Wildman–Crippen LogP) is 3.62. The smallest absolute Gasteiger partial charge is 0.258 e. The van der Waals surface area contributed by atoms with Gasteiger partial charge in [-0.15, -0.1) is 0 Å². The van der Waals surface area contributed by atoms with Gasteiger partial charge in [0.1, 0.15) is 0 Å². The van der Waals surface area contributed by atoms with Crippen molar-refractivity contribution in [2.24, 2.45) is 5.92 Å². The zero-order valence-corrected chi connectivity index (χ0v) is 15.8. The standard InChI is InChI=1S/C23H24N4O/c28-23-18-7-4-8-20-22(18)19(24-27(20)13-16-5-2-1-3-6-16)14-26(23)21-15-25-11-9-17(21)10-12-25/h1-8,14,17,21,24H,9-13,15H2/t21-/m0/s1. The number of fused-ring (bicyclic) bond motifs is 3. The largest absolute Gasteiger partial charge is 0.308 e. The number of hydrogen-bond acceptors (Lipinski definition) is 4. The van der Waals surface area contributed by atoms with Gasteiger partial charge in [-0.25, -0.2) is 0 Å². The van der Waals surface area contributed by atoms with Crippen molar-refractivity contribution >= 4 is 22.1 Å². The van der Waals surface area contributed by atoms with E-state index in [1.54, 1.807) is 0 Å². The van der Waals surface area contributed by atoms with Crippen molar-refractivity contribution in [2.75, 3.05) is 30.1 Å². The first-order valence-corrected chi connectivity index (χ1v) is 10.3. The first kappa shape index (κ1) is 16.2. The maximum Gasteiger partial charge on any atom is 0.258 e. The van der Waals surface area contributed by atoms with Gasteiger partial charge in [0.15, 0.2) is 0 Å². The number of pyridine rings is 1. The molecule has 4 aliphatic rings. The minimum absolute atomic E-state index is 0.155. The van der Waals surface area contributed by atoms with Crippen LogP contribution in [0.2, 0.25) is 0 Å². The molecule has 3 aromatic rings. The molecule has 5 nitrogen and oxygen atoms in total.